The minimum Gasteiger partial charge on any atom is -0.489 e. The maximum Gasteiger partial charge on any atom is 0.236 e. The zero-order valence-corrected chi connectivity index (χ0v) is 23.1. The number of rotatable bonds is 8. The smallest absolute Gasteiger partial charge is 0.236 e. The molecule has 196 valence electrons. The Morgan fingerprint density at radius 3 is 2.41 bits per heavy atom. The van der Waals surface area contributed by atoms with Crippen LogP contribution in [0.5, 0.6) is 17.2 Å². The van der Waals surface area contributed by atoms with Gasteiger partial charge in [-0.25, -0.2) is 0 Å². The molecule has 0 aliphatic carbocycles. The number of amides is 2. The number of hydrogen-bond donors (Lipinski definition) is 2. The first kappa shape index (κ1) is 27.9. The van der Waals surface area contributed by atoms with Gasteiger partial charge in [-0.05, 0) is 81.0 Å². The van der Waals surface area contributed by atoms with Crippen LogP contribution in [-0.4, -0.2) is 44.1 Å². The molecule has 4 rings (SSSR count). The van der Waals surface area contributed by atoms with Crippen LogP contribution >= 0.6 is 11.8 Å². The van der Waals surface area contributed by atoms with Gasteiger partial charge in [0.1, 0.15) is 30.0 Å². The standard InChI is InChI=1S/C25H28N2O2.C4H7NO2S/c1-16-6-8-20(9-7-16)28-15-25-26-22-11-10-21(14-23(22)27(25)5)29-24-13-17(2)12-18(3)19(24)4;1-8-2-4(7)5-3-6/h6-14,25-26H,15H2,1-5H3;3H,2H2,1H3,(H,5,6,7). The van der Waals surface area contributed by atoms with Crippen molar-refractivity contribution in [2.45, 2.75) is 33.9 Å². The normalized spacial score (nSPS) is 13.6. The first-order chi connectivity index (χ1) is 17.7. The lowest BCUT2D eigenvalue weighted by Crippen LogP contribution is -2.37. The minimum absolute atomic E-state index is 0.0736. The van der Waals surface area contributed by atoms with Gasteiger partial charge in [0.25, 0.3) is 0 Å². The fourth-order valence-corrected chi connectivity index (χ4v) is 4.21. The highest BCUT2D eigenvalue weighted by Gasteiger charge is 2.26. The third kappa shape index (κ3) is 7.67. The summed E-state index contributed by atoms with van der Waals surface area (Å²) in [5, 5.41) is 5.54. The molecule has 0 bridgehead atoms. The van der Waals surface area contributed by atoms with E-state index in [-0.39, 0.29) is 12.1 Å². The van der Waals surface area contributed by atoms with E-state index in [1.54, 1.807) is 6.26 Å². The number of carbonyl (C=O) groups is 2. The van der Waals surface area contributed by atoms with Gasteiger partial charge in [0.05, 0.1) is 17.1 Å². The zero-order chi connectivity index (χ0) is 26.9. The molecule has 3 aromatic carbocycles. The van der Waals surface area contributed by atoms with Gasteiger partial charge in [-0.3, -0.25) is 14.9 Å². The van der Waals surface area contributed by atoms with Gasteiger partial charge >= 0.3 is 0 Å². The number of thioether (sulfide) groups is 1. The number of hydrogen-bond acceptors (Lipinski definition) is 7. The third-order valence-electron chi connectivity index (χ3n) is 6.05. The molecule has 37 heavy (non-hydrogen) atoms. The largest absolute Gasteiger partial charge is 0.489 e. The second-order valence-electron chi connectivity index (χ2n) is 9.00. The highest BCUT2D eigenvalue weighted by molar-refractivity contribution is 7.99. The second-order valence-corrected chi connectivity index (χ2v) is 9.87. The molecule has 1 atom stereocenters. The van der Waals surface area contributed by atoms with Gasteiger partial charge in [-0.2, -0.15) is 11.8 Å². The molecule has 0 aromatic heterocycles. The van der Waals surface area contributed by atoms with Crippen molar-refractivity contribution < 1.29 is 19.1 Å². The van der Waals surface area contributed by atoms with Crippen LogP contribution in [0.2, 0.25) is 0 Å². The molecule has 3 aromatic rings. The van der Waals surface area contributed by atoms with E-state index in [4.69, 9.17) is 9.47 Å². The van der Waals surface area contributed by atoms with Gasteiger partial charge in [0.15, 0.2) is 0 Å². The molecule has 2 amide bonds. The lowest BCUT2D eigenvalue weighted by atomic mass is 10.1. The van der Waals surface area contributed by atoms with Crippen LogP contribution in [0.25, 0.3) is 0 Å². The number of anilines is 2. The average molecular weight is 522 g/mol. The number of ether oxygens (including phenoxy) is 2. The Hall–Kier alpha value is -3.65. The Balaban J connectivity index is 0.000000414. The van der Waals surface area contributed by atoms with E-state index in [2.05, 4.69) is 81.4 Å². The monoisotopic (exact) mass is 521 g/mol. The van der Waals surface area contributed by atoms with Crippen molar-refractivity contribution in [3.8, 4) is 17.2 Å². The van der Waals surface area contributed by atoms with Crippen molar-refractivity contribution in [1.82, 2.24) is 5.32 Å². The Morgan fingerprint density at radius 2 is 1.73 bits per heavy atom. The number of nitrogens with zero attached hydrogens (tertiary/aromatic N) is 1. The van der Waals surface area contributed by atoms with Crippen molar-refractivity contribution in [2.75, 3.05) is 35.9 Å². The van der Waals surface area contributed by atoms with E-state index in [0.717, 1.165) is 28.6 Å². The molecule has 1 unspecified atom stereocenters. The molecule has 0 saturated carbocycles. The topological polar surface area (TPSA) is 79.9 Å². The summed E-state index contributed by atoms with van der Waals surface area (Å²) in [4.78, 5) is 22.0. The quantitative estimate of drug-likeness (QED) is 0.374. The van der Waals surface area contributed by atoms with Crippen molar-refractivity contribution in [1.29, 1.82) is 0 Å². The molecule has 1 aliphatic rings. The number of likely N-dealkylation sites (N-methyl/N-ethyl adjacent to an activating group) is 1. The SMILES string of the molecule is CSCC(=O)NC=O.Cc1ccc(OCC2Nc3ccc(Oc4cc(C)cc(C)c4C)cc3N2C)cc1. The number of aryl methyl sites for hydroxylation is 3. The highest BCUT2D eigenvalue weighted by atomic mass is 32.2. The van der Waals surface area contributed by atoms with Crippen LogP contribution in [0.15, 0.2) is 54.6 Å². The first-order valence-electron chi connectivity index (χ1n) is 12.0. The van der Waals surface area contributed by atoms with E-state index in [1.807, 2.05) is 23.5 Å². The minimum atomic E-state index is -0.243. The molecule has 1 aliphatic heterocycles. The summed E-state index contributed by atoms with van der Waals surface area (Å²) in [6.45, 7) is 8.95. The maximum atomic E-state index is 10.3. The van der Waals surface area contributed by atoms with Gasteiger partial charge < -0.3 is 19.7 Å². The molecular formula is C29H35N3O4S. The molecule has 0 spiro atoms. The van der Waals surface area contributed by atoms with Crippen LogP contribution in [0.1, 0.15) is 22.3 Å². The van der Waals surface area contributed by atoms with E-state index in [1.165, 1.54) is 34.0 Å². The summed E-state index contributed by atoms with van der Waals surface area (Å²) < 4.78 is 12.2. The molecule has 8 heteroatoms. The number of benzene rings is 3. The Morgan fingerprint density at radius 1 is 1.03 bits per heavy atom. The van der Waals surface area contributed by atoms with Crippen molar-refractivity contribution in [3.63, 3.8) is 0 Å². The van der Waals surface area contributed by atoms with E-state index < -0.39 is 0 Å². The Kier molecular flexibility index (Phi) is 9.85. The number of carbonyl (C=O) groups excluding carboxylic acids is 2. The summed E-state index contributed by atoms with van der Waals surface area (Å²) in [6, 6.07) is 18.6. The summed E-state index contributed by atoms with van der Waals surface area (Å²) in [5.41, 5.74) is 7.06. The van der Waals surface area contributed by atoms with Crippen LogP contribution in [0.3, 0.4) is 0 Å². The third-order valence-corrected chi connectivity index (χ3v) is 6.61. The molecule has 0 saturated heterocycles. The van der Waals surface area contributed by atoms with Crippen LogP contribution in [0, 0.1) is 27.7 Å². The molecule has 0 radical (unpaired) electrons. The number of imide groups is 1. The van der Waals surface area contributed by atoms with Crippen molar-refractivity contribution in [2.24, 2.45) is 0 Å². The number of nitrogens with one attached hydrogen (secondary N) is 2. The highest BCUT2D eigenvalue weighted by Crippen LogP contribution is 2.38. The summed E-state index contributed by atoms with van der Waals surface area (Å²) in [6.07, 6.45) is 2.26. The first-order valence-corrected chi connectivity index (χ1v) is 13.4. The summed E-state index contributed by atoms with van der Waals surface area (Å²) >= 11 is 1.38. The summed E-state index contributed by atoms with van der Waals surface area (Å²) in [7, 11) is 2.08. The maximum absolute atomic E-state index is 10.3. The molecule has 7 nitrogen and oxygen atoms in total. The van der Waals surface area contributed by atoms with Gasteiger partial charge in [-0.1, -0.05) is 23.8 Å². The van der Waals surface area contributed by atoms with Gasteiger partial charge in [-0.15, -0.1) is 0 Å². The van der Waals surface area contributed by atoms with Crippen LogP contribution in [-0.2, 0) is 9.59 Å². The molecule has 2 N–H and O–H groups in total. The lowest BCUT2D eigenvalue weighted by molar-refractivity contribution is -0.123. The molecule has 1 heterocycles. The van der Waals surface area contributed by atoms with Crippen LogP contribution < -0.4 is 25.0 Å². The molecular weight excluding hydrogens is 486 g/mol. The summed E-state index contributed by atoms with van der Waals surface area (Å²) in [5.74, 6) is 2.74. The fraction of sp³-hybridized carbons (Fsp3) is 0.310. The number of fused-ring (bicyclic) bond motifs is 1. The van der Waals surface area contributed by atoms with Crippen molar-refractivity contribution >= 4 is 35.5 Å². The second kappa shape index (κ2) is 13.1. The van der Waals surface area contributed by atoms with Gasteiger partial charge in [0.2, 0.25) is 12.3 Å². The van der Waals surface area contributed by atoms with Crippen LogP contribution in [0.4, 0.5) is 11.4 Å². The lowest BCUT2D eigenvalue weighted by Gasteiger charge is -2.22. The van der Waals surface area contributed by atoms with E-state index in [9.17, 15) is 9.59 Å². The molecule has 0 fully saturated rings. The van der Waals surface area contributed by atoms with Crippen molar-refractivity contribution in [3.05, 3.63) is 76.9 Å². The van der Waals surface area contributed by atoms with Gasteiger partial charge in [0, 0.05) is 13.1 Å². The average Bonchev–Trinajstić information content (AvgIpc) is 3.17. The Bertz CT molecular complexity index is 1230. The predicted molar refractivity (Wildman–Crippen MR) is 152 cm³/mol. The Labute approximate surface area is 223 Å². The zero-order valence-electron chi connectivity index (χ0n) is 22.3. The van der Waals surface area contributed by atoms with E-state index >= 15 is 0 Å². The predicted octanol–water partition coefficient (Wildman–Crippen LogP) is 5.60. The van der Waals surface area contributed by atoms with E-state index in [0.29, 0.717) is 18.8 Å². The fourth-order valence-electron chi connectivity index (χ4n) is 3.87.